The third-order valence-electron chi connectivity index (χ3n) is 2.93. The first-order chi connectivity index (χ1) is 9.79. The number of amides is 1. The summed E-state index contributed by atoms with van der Waals surface area (Å²) in [4.78, 5) is 15.2. The maximum Gasteiger partial charge on any atom is 0.235 e. The van der Waals surface area contributed by atoms with Crippen molar-refractivity contribution < 1.29 is 17.6 Å². The number of carbonyl (C=O) groups is 1. The van der Waals surface area contributed by atoms with Gasteiger partial charge in [0.05, 0.1) is 11.4 Å². The fourth-order valence-electron chi connectivity index (χ4n) is 1.61. The van der Waals surface area contributed by atoms with Crippen molar-refractivity contribution in [1.29, 1.82) is 0 Å². The number of sulfone groups is 1. The molecule has 1 aromatic carbocycles. The largest absolute Gasteiger partial charge is 0.369 e. The van der Waals surface area contributed by atoms with E-state index in [0.29, 0.717) is 16.3 Å². The summed E-state index contributed by atoms with van der Waals surface area (Å²) >= 11 is 1.26. The lowest BCUT2D eigenvalue weighted by atomic mass is 10.2. The van der Waals surface area contributed by atoms with E-state index in [1.807, 2.05) is 0 Å². The van der Waals surface area contributed by atoms with Crippen LogP contribution in [0.5, 0.6) is 0 Å². The molecule has 0 radical (unpaired) electrons. The highest BCUT2D eigenvalue weighted by molar-refractivity contribution is 7.92. The Morgan fingerprint density at radius 1 is 1.38 bits per heavy atom. The number of hydrogen-bond acceptors (Lipinski definition) is 5. The molecule has 0 bridgehead atoms. The second-order valence-electron chi connectivity index (χ2n) is 4.50. The van der Waals surface area contributed by atoms with Crippen molar-refractivity contribution in [2.45, 2.75) is 17.9 Å². The average molecular weight is 328 g/mol. The minimum atomic E-state index is -3.68. The minimum absolute atomic E-state index is 0.340. The number of benzene rings is 1. The summed E-state index contributed by atoms with van der Waals surface area (Å²) in [6.07, 6.45) is 0. The summed E-state index contributed by atoms with van der Waals surface area (Å²) in [5, 5.41) is 0.935. The number of nitrogens with two attached hydrogens (primary N) is 1. The molecule has 2 N–H and O–H groups in total. The monoisotopic (exact) mass is 328 g/mol. The van der Waals surface area contributed by atoms with Crippen molar-refractivity contribution in [2.24, 2.45) is 5.73 Å². The standard InChI is InChI=1S/C13H13FN2O3S2/c1-8(12(15)17)21(18,19)7-11-6-20-13(16-11)9-2-4-10(14)5-3-9/h2-6,8H,7H2,1H3,(H2,15,17)/t8-/m0/s1. The lowest BCUT2D eigenvalue weighted by Crippen LogP contribution is -2.34. The zero-order valence-corrected chi connectivity index (χ0v) is 12.7. The highest BCUT2D eigenvalue weighted by Crippen LogP contribution is 2.25. The molecular weight excluding hydrogens is 315 g/mol. The van der Waals surface area contributed by atoms with Crippen LogP contribution in [0.3, 0.4) is 0 Å². The van der Waals surface area contributed by atoms with Crippen LogP contribution in [0.25, 0.3) is 10.6 Å². The van der Waals surface area contributed by atoms with E-state index >= 15 is 0 Å². The number of thiazole rings is 1. The quantitative estimate of drug-likeness (QED) is 0.905. The topological polar surface area (TPSA) is 90.1 Å². The summed E-state index contributed by atoms with van der Waals surface area (Å²) in [5.74, 6) is -1.59. The Morgan fingerprint density at radius 3 is 2.57 bits per heavy atom. The molecule has 0 spiro atoms. The van der Waals surface area contributed by atoms with Gasteiger partial charge < -0.3 is 5.73 Å². The number of rotatable bonds is 5. The van der Waals surface area contributed by atoms with Crippen LogP contribution in [0.4, 0.5) is 4.39 Å². The van der Waals surface area contributed by atoms with Crippen LogP contribution in [0.2, 0.25) is 0 Å². The summed E-state index contributed by atoms with van der Waals surface area (Å²) < 4.78 is 36.7. The molecule has 1 amide bonds. The lowest BCUT2D eigenvalue weighted by Gasteiger charge is -2.07. The number of primary amides is 1. The molecule has 0 saturated carbocycles. The normalized spacial score (nSPS) is 13.0. The third-order valence-corrected chi connectivity index (χ3v) is 5.88. The predicted molar refractivity (Wildman–Crippen MR) is 78.8 cm³/mol. The van der Waals surface area contributed by atoms with Crippen molar-refractivity contribution >= 4 is 27.1 Å². The molecule has 1 aromatic heterocycles. The van der Waals surface area contributed by atoms with Crippen molar-refractivity contribution in [3.8, 4) is 10.6 Å². The molecule has 8 heteroatoms. The van der Waals surface area contributed by atoms with E-state index in [9.17, 15) is 17.6 Å². The number of aromatic nitrogens is 1. The van der Waals surface area contributed by atoms with Crippen LogP contribution < -0.4 is 5.73 Å². The number of carbonyl (C=O) groups excluding carboxylic acids is 1. The van der Waals surface area contributed by atoms with Gasteiger partial charge in [0.25, 0.3) is 0 Å². The van der Waals surface area contributed by atoms with Gasteiger partial charge in [0.15, 0.2) is 9.84 Å². The first kappa shape index (κ1) is 15.6. The van der Waals surface area contributed by atoms with E-state index in [4.69, 9.17) is 5.73 Å². The fraction of sp³-hybridized carbons (Fsp3) is 0.231. The summed E-state index contributed by atoms with van der Waals surface area (Å²) in [6.45, 7) is 1.25. The predicted octanol–water partition coefficient (Wildman–Crippen LogP) is 1.74. The third kappa shape index (κ3) is 3.64. The highest BCUT2D eigenvalue weighted by Gasteiger charge is 2.27. The smallest absolute Gasteiger partial charge is 0.235 e. The first-order valence-electron chi connectivity index (χ1n) is 6.01. The molecular formula is C13H13FN2O3S2. The van der Waals surface area contributed by atoms with E-state index in [0.717, 1.165) is 0 Å². The van der Waals surface area contributed by atoms with Crippen LogP contribution in [0.1, 0.15) is 12.6 Å². The molecule has 0 aliphatic carbocycles. The second kappa shape index (κ2) is 5.90. The van der Waals surface area contributed by atoms with Gasteiger partial charge in [0.2, 0.25) is 5.91 Å². The Labute approximate surface area is 125 Å². The molecule has 112 valence electrons. The molecule has 5 nitrogen and oxygen atoms in total. The van der Waals surface area contributed by atoms with Crippen molar-refractivity contribution in [1.82, 2.24) is 4.98 Å². The zero-order valence-electron chi connectivity index (χ0n) is 11.1. The molecule has 1 heterocycles. The van der Waals surface area contributed by atoms with E-state index < -0.39 is 21.0 Å². The molecule has 0 aliphatic rings. The van der Waals surface area contributed by atoms with E-state index in [1.165, 1.54) is 30.4 Å². The van der Waals surface area contributed by atoms with Gasteiger partial charge in [-0.3, -0.25) is 4.79 Å². The Hall–Kier alpha value is -1.80. The highest BCUT2D eigenvalue weighted by atomic mass is 32.2. The second-order valence-corrected chi connectivity index (χ2v) is 7.68. The van der Waals surface area contributed by atoms with Gasteiger partial charge in [0, 0.05) is 10.9 Å². The molecule has 0 fully saturated rings. The van der Waals surface area contributed by atoms with Gasteiger partial charge in [-0.05, 0) is 31.2 Å². The summed E-state index contributed by atoms with van der Waals surface area (Å²) in [5.41, 5.74) is 6.06. The van der Waals surface area contributed by atoms with Crippen molar-refractivity contribution in [2.75, 3.05) is 0 Å². The van der Waals surface area contributed by atoms with E-state index in [2.05, 4.69) is 4.98 Å². The molecule has 2 aromatic rings. The van der Waals surface area contributed by atoms with Gasteiger partial charge in [-0.2, -0.15) is 0 Å². The number of halogens is 1. The van der Waals surface area contributed by atoms with Crippen molar-refractivity contribution in [3.05, 3.63) is 41.2 Å². The Bertz CT molecular complexity index is 754. The minimum Gasteiger partial charge on any atom is -0.369 e. The van der Waals surface area contributed by atoms with Crippen LogP contribution in [-0.2, 0) is 20.4 Å². The van der Waals surface area contributed by atoms with Gasteiger partial charge in [-0.15, -0.1) is 11.3 Å². The van der Waals surface area contributed by atoms with Gasteiger partial charge >= 0.3 is 0 Å². The Balaban J connectivity index is 2.21. The Morgan fingerprint density at radius 2 is 2.00 bits per heavy atom. The van der Waals surface area contributed by atoms with Crippen LogP contribution in [0.15, 0.2) is 29.6 Å². The fourth-order valence-corrected chi connectivity index (χ4v) is 3.70. The van der Waals surface area contributed by atoms with Crippen LogP contribution in [0, 0.1) is 5.82 Å². The summed E-state index contributed by atoms with van der Waals surface area (Å²) in [6, 6.07) is 5.75. The van der Waals surface area contributed by atoms with E-state index in [1.54, 1.807) is 17.5 Å². The zero-order chi connectivity index (χ0) is 15.6. The van der Waals surface area contributed by atoms with E-state index in [-0.39, 0.29) is 11.6 Å². The molecule has 0 saturated heterocycles. The lowest BCUT2D eigenvalue weighted by molar-refractivity contribution is -0.117. The van der Waals surface area contributed by atoms with Crippen LogP contribution >= 0.6 is 11.3 Å². The molecule has 1 atom stereocenters. The molecule has 0 unspecified atom stereocenters. The molecule has 21 heavy (non-hydrogen) atoms. The SMILES string of the molecule is C[C@@H](C(N)=O)S(=O)(=O)Cc1csc(-c2ccc(F)cc2)n1. The molecule has 0 aliphatic heterocycles. The maximum atomic E-state index is 12.9. The molecule has 2 rings (SSSR count). The average Bonchev–Trinajstić information content (AvgIpc) is 2.86. The van der Waals surface area contributed by atoms with Gasteiger partial charge in [-0.25, -0.2) is 17.8 Å². The number of nitrogens with zero attached hydrogens (tertiary/aromatic N) is 1. The summed E-state index contributed by atoms with van der Waals surface area (Å²) in [7, 11) is -3.68. The van der Waals surface area contributed by atoms with Gasteiger partial charge in [-0.1, -0.05) is 0 Å². The maximum absolute atomic E-state index is 12.9. The van der Waals surface area contributed by atoms with Crippen LogP contribution in [-0.4, -0.2) is 24.6 Å². The van der Waals surface area contributed by atoms with Crippen molar-refractivity contribution in [3.63, 3.8) is 0 Å². The number of hydrogen-bond donors (Lipinski definition) is 1. The van der Waals surface area contributed by atoms with Gasteiger partial charge in [0.1, 0.15) is 16.1 Å². The Kier molecular flexibility index (Phi) is 4.38. The first-order valence-corrected chi connectivity index (χ1v) is 8.60.